The van der Waals surface area contributed by atoms with Crippen molar-refractivity contribution < 1.29 is 27.9 Å². The maximum atomic E-state index is 11.8. The Balaban J connectivity index is 1.49. The van der Waals surface area contributed by atoms with E-state index < -0.39 is 6.09 Å². The van der Waals surface area contributed by atoms with Gasteiger partial charge in [-0.25, -0.2) is 4.79 Å². The molecular weight excluding hydrogens is 340 g/mol. The Morgan fingerprint density at radius 2 is 1.96 bits per heavy atom. The number of nitrogens with one attached hydrogen (secondary N) is 1. The van der Waals surface area contributed by atoms with E-state index in [-0.39, 0.29) is 5.88 Å². The highest BCUT2D eigenvalue weighted by Gasteiger charge is 2.13. The van der Waals surface area contributed by atoms with Gasteiger partial charge >= 0.3 is 6.09 Å². The van der Waals surface area contributed by atoms with E-state index in [0.29, 0.717) is 36.0 Å². The molecule has 3 rings (SSSR count). The maximum absolute atomic E-state index is 11.8. The van der Waals surface area contributed by atoms with Gasteiger partial charge in [-0.1, -0.05) is 6.07 Å². The van der Waals surface area contributed by atoms with Crippen molar-refractivity contribution in [2.75, 3.05) is 20.8 Å². The third kappa shape index (κ3) is 4.15. The number of benzene rings is 1. The van der Waals surface area contributed by atoms with Crippen molar-refractivity contribution in [2.45, 2.75) is 6.42 Å². The topological polar surface area (TPSA) is 96.0 Å². The molecule has 0 unspecified atom stereocenters. The van der Waals surface area contributed by atoms with Gasteiger partial charge in [-0.2, -0.15) is 0 Å². The SMILES string of the molecule is COc1ccc(CCNC(=O)Oc2cc(-c3ccco3)on2)cc1OC. The summed E-state index contributed by atoms with van der Waals surface area (Å²) in [6.45, 7) is 0.386. The number of hydrogen-bond donors (Lipinski definition) is 1. The summed E-state index contributed by atoms with van der Waals surface area (Å²) in [7, 11) is 3.16. The highest BCUT2D eigenvalue weighted by atomic mass is 16.6. The molecule has 1 N–H and O–H groups in total. The minimum absolute atomic E-state index is 0.0556. The summed E-state index contributed by atoms with van der Waals surface area (Å²) in [6.07, 6.45) is 1.50. The summed E-state index contributed by atoms with van der Waals surface area (Å²) in [5, 5.41) is 6.32. The lowest BCUT2D eigenvalue weighted by Gasteiger charge is -2.09. The van der Waals surface area contributed by atoms with Crippen LogP contribution in [0.5, 0.6) is 17.4 Å². The number of amides is 1. The number of carbonyl (C=O) groups excluding carboxylic acids is 1. The van der Waals surface area contributed by atoms with Crippen molar-refractivity contribution in [2.24, 2.45) is 0 Å². The van der Waals surface area contributed by atoms with Crippen LogP contribution in [0.3, 0.4) is 0 Å². The van der Waals surface area contributed by atoms with Gasteiger partial charge in [0.2, 0.25) is 5.76 Å². The fourth-order valence-electron chi connectivity index (χ4n) is 2.32. The number of aromatic nitrogens is 1. The van der Waals surface area contributed by atoms with Crippen LogP contribution in [0.2, 0.25) is 0 Å². The lowest BCUT2D eigenvalue weighted by atomic mass is 10.1. The van der Waals surface area contributed by atoms with Crippen LogP contribution in [0.4, 0.5) is 4.79 Å². The summed E-state index contributed by atoms with van der Waals surface area (Å²) in [5.74, 6) is 2.23. The summed E-state index contributed by atoms with van der Waals surface area (Å²) < 4.78 is 25.8. The number of carbonyl (C=O) groups is 1. The minimum atomic E-state index is -0.621. The number of rotatable bonds is 7. The van der Waals surface area contributed by atoms with Crippen LogP contribution >= 0.6 is 0 Å². The Morgan fingerprint density at radius 1 is 1.12 bits per heavy atom. The van der Waals surface area contributed by atoms with Gasteiger partial charge in [0.25, 0.3) is 5.88 Å². The first kappa shape index (κ1) is 17.4. The van der Waals surface area contributed by atoms with E-state index in [9.17, 15) is 4.79 Å². The second-order valence-electron chi connectivity index (χ2n) is 5.26. The van der Waals surface area contributed by atoms with Gasteiger partial charge in [0.1, 0.15) is 0 Å². The molecule has 8 heteroatoms. The fraction of sp³-hybridized carbons (Fsp3) is 0.222. The Bertz CT molecular complexity index is 856. The zero-order chi connectivity index (χ0) is 18.4. The quantitative estimate of drug-likeness (QED) is 0.692. The van der Waals surface area contributed by atoms with E-state index in [0.717, 1.165) is 5.56 Å². The number of hydrogen-bond acceptors (Lipinski definition) is 7. The van der Waals surface area contributed by atoms with Crippen LogP contribution in [0.25, 0.3) is 11.5 Å². The van der Waals surface area contributed by atoms with Gasteiger partial charge in [-0.05, 0) is 41.4 Å². The van der Waals surface area contributed by atoms with Crippen LogP contribution < -0.4 is 19.5 Å². The summed E-state index contributed by atoms with van der Waals surface area (Å²) in [4.78, 5) is 11.8. The molecule has 3 aromatic rings. The van der Waals surface area contributed by atoms with Crippen molar-refractivity contribution in [1.82, 2.24) is 10.5 Å². The summed E-state index contributed by atoms with van der Waals surface area (Å²) in [5.41, 5.74) is 0.990. The predicted octanol–water partition coefficient (Wildman–Crippen LogP) is 3.28. The molecule has 1 aromatic carbocycles. The van der Waals surface area contributed by atoms with Gasteiger partial charge in [0, 0.05) is 6.54 Å². The molecule has 2 heterocycles. The molecule has 0 saturated heterocycles. The Hall–Kier alpha value is -3.42. The van der Waals surface area contributed by atoms with Crippen molar-refractivity contribution in [3.63, 3.8) is 0 Å². The van der Waals surface area contributed by atoms with E-state index in [2.05, 4.69) is 10.5 Å². The molecule has 136 valence electrons. The molecular formula is C18H18N2O6. The van der Waals surface area contributed by atoms with E-state index in [4.69, 9.17) is 23.2 Å². The first-order valence-electron chi connectivity index (χ1n) is 7.87. The Kier molecular flexibility index (Phi) is 5.43. The van der Waals surface area contributed by atoms with Gasteiger partial charge in [-0.15, -0.1) is 0 Å². The highest BCUT2D eigenvalue weighted by molar-refractivity contribution is 5.70. The first-order valence-corrected chi connectivity index (χ1v) is 7.87. The molecule has 0 aliphatic heterocycles. The van der Waals surface area contributed by atoms with Crippen LogP contribution in [0, 0.1) is 0 Å². The molecule has 0 atom stereocenters. The first-order chi connectivity index (χ1) is 12.7. The maximum Gasteiger partial charge on any atom is 0.414 e. The van der Waals surface area contributed by atoms with Crippen molar-refractivity contribution in [3.8, 4) is 28.9 Å². The summed E-state index contributed by atoms with van der Waals surface area (Å²) in [6, 6.07) is 10.5. The molecule has 0 aliphatic rings. The lowest BCUT2D eigenvalue weighted by molar-refractivity contribution is 0.196. The molecule has 0 bridgehead atoms. The standard InChI is InChI=1S/C18H18N2O6/c1-22-13-6-5-12(10-15(13)23-2)7-8-19-18(21)25-17-11-16(26-20-17)14-4-3-9-24-14/h3-6,9-11H,7-8H2,1-2H3,(H,19,21). The van der Waals surface area contributed by atoms with Gasteiger partial charge in [-0.3, -0.25) is 0 Å². The molecule has 8 nitrogen and oxygen atoms in total. The van der Waals surface area contributed by atoms with Crippen LogP contribution in [-0.4, -0.2) is 32.0 Å². The zero-order valence-electron chi connectivity index (χ0n) is 14.4. The second kappa shape index (κ2) is 8.11. The molecule has 0 fully saturated rings. The molecule has 0 saturated carbocycles. The van der Waals surface area contributed by atoms with Crippen LogP contribution in [0.15, 0.2) is 51.6 Å². The van der Waals surface area contributed by atoms with Gasteiger partial charge < -0.3 is 28.5 Å². The Labute approximate surface area is 149 Å². The fourth-order valence-corrected chi connectivity index (χ4v) is 2.32. The third-order valence-corrected chi connectivity index (χ3v) is 3.58. The molecule has 0 radical (unpaired) electrons. The average molecular weight is 358 g/mol. The lowest BCUT2D eigenvalue weighted by Crippen LogP contribution is -2.28. The Morgan fingerprint density at radius 3 is 2.69 bits per heavy atom. The number of methoxy groups -OCH3 is 2. The normalized spacial score (nSPS) is 10.4. The summed E-state index contributed by atoms with van der Waals surface area (Å²) >= 11 is 0. The van der Waals surface area contributed by atoms with E-state index in [1.807, 2.05) is 18.2 Å². The second-order valence-corrected chi connectivity index (χ2v) is 5.26. The molecule has 1 amide bonds. The predicted molar refractivity (Wildman–Crippen MR) is 91.5 cm³/mol. The minimum Gasteiger partial charge on any atom is -0.493 e. The number of furan rings is 1. The molecule has 2 aromatic heterocycles. The van der Waals surface area contributed by atoms with Gasteiger partial charge in [0.15, 0.2) is 17.3 Å². The zero-order valence-corrected chi connectivity index (χ0v) is 14.4. The molecule has 26 heavy (non-hydrogen) atoms. The molecule has 0 aliphatic carbocycles. The van der Waals surface area contributed by atoms with E-state index in [1.165, 1.54) is 12.3 Å². The largest absolute Gasteiger partial charge is 0.493 e. The van der Waals surface area contributed by atoms with E-state index >= 15 is 0 Å². The van der Waals surface area contributed by atoms with Crippen LogP contribution in [-0.2, 0) is 6.42 Å². The smallest absolute Gasteiger partial charge is 0.414 e. The van der Waals surface area contributed by atoms with Crippen molar-refractivity contribution in [1.29, 1.82) is 0 Å². The number of nitrogens with zero attached hydrogens (tertiary/aromatic N) is 1. The highest BCUT2D eigenvalue weighted by Crippen LogP contribution is 2.27. The molecule has 0 spiro atoms. The monoisotopic (exact) mass is 358 g/mol. The van der Waals surface area contributed by atoms with Gasteiger partial charge in [0.05, 0.1) is 26.5 Å². The number of ether oxygens (including phenoxy) is 3. The average Bonchev–Trinajstić information content (AvgIpc) is 3.33. The van der Waals surface area contributed by atoms with Crippen molar-refractivity contribution >= 4 is 6.09 Å². The van der Waals surface area contributed by atoms with E-state index in [1.54, 1.807) is 26.4 Å². The van der Waals surface area contributed by atoms with Crippen LogP contribution in [0.1, 0.15) is 5.56 Å². The van der Waals surface area contributed by atoms with Crippen molar-refractivity contribution in [3.05, 3.63) is 48.2 Å². The third-order valence-electron chi connectivity index (χ3n) is 3.58.